The molecule has 152 valence electrons. The number of aromatic nitrogens is 2. The van der Waals surface area contributed by atoms with Gasteiger partial charge in [-0.1, -0.05) is 23.4 Å². The molecule has 3 rings (SSSR count). The van der Waals surface area contributed by atoms with Gasteiger partial charge in [0, 0.05) is 9.90 Å². The van der Waals surface area contributed by atoms with Gasteiger partial charge in [0.2, 0.25) is 5.91 Å². The summed E-state index contributed by atoms with van der Waals surface area (Å²) in [6.45, 7) is 3.63. The first-order chi connectivity index (χ1) is 13.8. The normalized spacial score (nSPS) is 10.9. The van der Waals surface area contributed by atoms with Crippen LogP contribution in [-0.2, 0) is 14.3 Å². The maximum absolute atomic E-state index is 13.3. The lowest BCUT2D eigenvalue weighted by atomic mass is 10.2. The fourth-order valence-corrected chi connectivity index (χ4v) is 4.65. The average molecular weight is 452 g/mol. The molecule has 0 fully saturated rings. The average Bonchev–Trinajstić information content (AvgIpc) is 2.99. The second kappa shape index (κ2) is 8.98. The summed E-state index contributed by atoms with van der Waals surface area (Å²) in [4.78, 5) is 42.8. The van der Waals surface area contributed by atoms with Crippen LogP contribution < -0.4 is 10.9 Å². The van der Waals surface area contributed by atoms with E-state index in [0.717, 1.165) is 22.2 Å². The van der Waals surface area contributed by atoms with Gasteiger partial charge >= 0.3 is 5.97 Å². The molecule has 7 nitrogen and oxygen atoms in total. The van der Waals surface area contributed by atoms with Crippen molar-refractivity contribution < 1.29 is 14.3 Å². The van der Waals surface area contributed by atoms with E-state index >= 15 is 0 Å². The number of halogens is 1. The van der Waals surface area contributed by atoms with Gasteiger partial charge in [0.1, 0.15) is 11.4 Å². The highest BCUT2D eigenvalue weighted by Gasteiger charge is 2.19. The number of hydrogen-bond acceptors (Lipinski definition) is 7. The largest absolute Gasteiger partial charge is 0.468 e. The number of nitrogens with zero attached hydrogens (tertiary/aromatic N) is 2. The zero-order valence-corrected chi connectivity index (χ0v) is 18.3. The van der Waals surface area contributed by atoms with Crippen LogP contribution in [0.1, 0.15) is 10.4 Å². The van der Waals surface area contributed by atoms with E-state index in [4.69, 9.17) is 11.6 Å². The summed E-state index contributed by atoms with van der Waals surface area (Å²) in [5.41, 5.74) is 1.31. The first-order valence-corrected chi connectivity index (χ1v) is 10.7. The van der Waals surface area contributed by atoms with Crippen LogP contribution in [0.15, 0.2) is 34.2 Å². The van der Waals surface area contributed by atoms with E-state index in [1.165, 1.54) is 23.0 Å². The highest BCUT2D eigenvalue weighted by molar-refractivity contribution is 7.99. The summed E-state index contributed by atoms with van der Waals surface area (Å²) in [7, 11) is 1.25. The summed E-state index contributed by atoms with van der Waals surface area (Å²) in [6.07, 6.45) is 0. The molecule has 1 amide bonds. The van der Waals surface area contributed by atoms with Gasteiger partial charge in [-0.2, -0.15) is 0 Å². The maximum Gasteiger partial charge on any atom is 0.325 e. The lowest BCUT2D eigenvalue weighted by Crippen LogP contribution is -2.31. The van der Waals surface area contributed by atoms with E-state index in [0.29, 0.717) is 26.1 Å². The Bertz CT molecular complexity index is 1140. The minimum Gasteiger partial charge on any atom is -0.468 e. The molecule has 0 bridgehead atoms. The number of methoxy groups -OCH3 is 1. The molecular formula is C19H18ClN3O4S2. The Morgan fingerprint density at radius 3 is 2.62 bits per heavy atom. The number of esters is 1. The lowest BCUT2D eigenvalue weighted by Gasteiger charge is -2.12. The van der Waals surface area contributed by atoms with Crippen LogP contribution in [0.4, 0.5) is 0 Å². The van der Waals surface area contributed by atoms with Crippen LogP contribution in [0.3, 0.4) is 0 Å². The number of ether oxygens (including phenoxy) is 1. The highest BCUT2D eigenvalue weighted by Crippen LogP contribution is 2.29. The molecule has 2 aromatic heterocycles. The molecule has 0 atom stereocenters. The van der Waals surface area contributed by atoms with Gasteiger partial charge in [0.05, 0.1) is 23.9 Å². The standard InChI is InChI=1S/C19H18ClN3O4S2/c1-10-11(2)29-17-16(10)18(26)23(13-6-4-12(20)5-7-13)19(22-17)28-9-14(24)21-8-15(25)27-3/h4-7H,8-9H2,1-3H3,(H,21,24). The molecule has 0 saturated heterocycles. The van der Waals surface area contributed by atoms with Crippen LogP contribution in [0, 0.1) is 13.8 Å². The van der Waals surface area contributed by atoms with E-state index in [1.807, 2.05) is 13.8 Å². The molecule has 0 radical (unpaired) electrons. The van der Waals surface area contributed by atoms with Gasteiger partial charge in [-0.05, 0) is 43.7 Å². The summed E-state index contributed by atoms with van der Waals surface area (Å²) < 4.78 is 5.98. The van der Waals surface area contributed by atoms with Gasteiger partial charge in [0.15, 0.2) is 5.16 Å². The molecule has 2 heterocycles. The number of hydrogen-bond donors (Lipinski definition) is 1. The number of nitrogens with one attached hydrogen (secondary N) is 1. The van der Waals surface area contributed by atoms with Crippen molar-refractivity contribution in [2.75, 3.05) is 19.4 Å². The van der Waals surface area contributed by atoms with Crippen LogP contribution in [0.25, 0.3) is 15.9 Å². The molecule has 0 spiro atoms. The first-order valence-electron chi connectivity index (χ1n) is 8.56. The highest BCUT2D eigenvalue weighted by atomic mass is 35.5. The monoisotopic (exact) mass is 451 g/mol. The van der Waals surface area contributed by atoms with Crippen molar-refractivity contribution in [2.45, 2.75) is 19.0 Å². The van der Waals surface area contributed by atoms with E-state index in [-0.39, 0.29) is 23.8 Å². The van der Waals surface area contributed by atoms with Gasteiger partial charge in [-0.15, -0.1) is 11.3 Å². The topological polar surface area (TPSA) is 90.3 Å². The number of thiophene rings is 1. The zero-order valence-electron chi connectivity index (χ0n) is 15.9. The maximum atomic E-state index is 13.3. The number of benzene rings is 1. The van der Waals surface area contributed by atoms with Crippen molar-refractivity contribution in [1.82, 2.24) is 14.9 Å². The number of fused-ring (bicyclic) bond motifs is 1. The van der Waals surface area contributed by atoms with Crippen LogP contribution >= 0.6 is 34.7 Å². The van der Waals surface area contributed by atoms with Crippen molar-refractivity contribution in [3.63, 3.8) is 0 Å². The SMILES string of the molecule is COC(=O)CNC(=O)CSc1nc2sc(C)c(C)c2c(=O)n1-c1ccc(Cl)cc1. The molecule has 0 aliphatic rings. The van der Waals surface area contributed by atoms with Gasteiger partial charge in [-0.25, -0.2) is 4.98 Å². The third-order valence-electron chi connectivity index (χ3n) is 4.25. The fourth-order valence-electron chi connectivity index (χ4n) is 2.61. The minimum absolute atomic E-state index is 0.00807. The Balaban J connectivity index is 2.00. The third-order valence-corrected chi connectivity index (χ3v) is 6.54. The summed E-state index contributed by atoms with van der Waals surface area (Å²) in [5.74, 6) is -0.910. The quantitative estimate of drug-likeness (QED) is 0.352. The Morgan fingerprint density at radius 2 is 1.97 bits per heavy atom. The molecule has 1 aromatic carbocycles. The van der Waals surface area contributed by atoms with Crippen molar-refractivity contribution in [3.8, 4) is 5.69 Å². The van der Waals surface area contributed by atoms with Crippen LogP contribution in [0.2, 0.25) is 5.02 Å². The molecule has 3 aromatic rings. The molecule has 29 heavy (non-hydrogen) atoms. The Hall–Kier alpha value is -2.36. The third kappa shape index (κ3) is 4.63. The van der Waals surface area contributed by atoms with E-state index < -0.39 is 5.97 Å². The first kappa shape index (κ1) is 21.4. The second-order valence-corrected chi connectivity index (χ2v) is 8.70. The number of aryl methyl sites for hydroxylation is 2. The molecule has 0 unspecified atom stereocenters. The van der Waals surface area contributed by atoms with Crippen LogP contribution in [0.5, 0.6) is 0 Å². The summed E-state index contributed by atoms with van der Waals surface area (Å²) >= 11 is 8.54. The van der Waals surface area contributed by atoms with E-state index in [2.05, 4.69) is 15.0 Å². The number of amides is 1. The number of rotatable bonds is 6. The minimum atomic E-state index is -0.537. The molecule has 0 aliphatic carbocycles. The van der Waals surface area contributed by atoms with Crippen molar-refractivity contribution in [1.29, 1.82) is 0 Å². The predicted molar refractivity (Wildman–Crippen MR) is 115 cm³/mol. The molecular weight excluding hydrogens is 434 g/mol. The van der Waals surface area contributed by atoms with Crippen molar-refractivity contribution in [2.24, 2.45) is 0 Å². The smallest absolute Gasteiger partial charge is 0.325 e. The van der Waals surface area contributed by atoms with E-state index in [1.54, 1.807) is 24.3 Å². The van der Waals surface area contributed by atoms with Crippen molar-refractivity contribution >= 4 is 56.8 Å². The van der Waals surface area contributed by atoms with Gasteiger partial charge < -0.3 is 10.1 Å². The Labute approximate surface area is 180 Å². The van der Waals surface area contributed by atoms with Crippen LogP contribution in [-0.4, -0.2) is 40.8 Å². The summed E-state index contributed by atoms with van der Waals surface area (Å²) in [6, 6.07) is 6.84. The Morgan fingerprint density at radius 1 is 1.28 bits per heavy atom. The molecule has 10 heteroatoms. The summed E-state index contributed by atoms with van der Waals surface area (Å²) in [5, 5.41) is 3.98. The molecule has 0 saturated carbocycles. The van der Waals surface area contributed by atoms with Gasteiger partial charge in [0.25, 0.3) is 5.56 Å². The number of thioether (sulfide) groups is 1. The van der Waals surface area contributed by atoms with Crippen molar-refractivity contribution in [3.05, 3.63) is 50.1 Å². The molecule has 0 aliphatic heterocycles. The predicted octanol–water partition coefficient (Wildman–Crippen LogP) is 3.10. The fraction of sp³-hybridized carbons (Fsp3) is 0.263. The second-order valence-electron chi connectivity index (χ2n) is 6.12. The van der Waals surface area contributed by atoms with E-state index in [9.17, 15) is 14.4 Å². The number of carbonyl (C=O) groups excluding carboxylic acids is 2. The lowest BCUT2D eigenvalue weighted by molar-refractivity contribution is -0.140. The number of carbonyl (C=O) groups is 2. The zero-order chi connectivity index (χ0) is 21.1. The Kier molecular flexibility index (Phi) is 6.61. The van der Waals surface area contributed by atoms with Gasteiger partial charge in [-0.3, -0.25) is 19.0 Å². The molecule has 1 N–H and O–H groups in total.